The normalized spacial score (nSPS) is 9.38. The van der Waals surface area contributed by atoms with Crippen molar-refractivity contribution in [3.63, 3.8) is 0 Å². The van der Waals surface area contributed by atoms with E-state index in [1.165, 1.54) is 0 Å². The highest BCUT2D eigenvalue weighted by Crippen LogP contribution is 2.26. The van der Waals surface area contributed by atoms with E-state index in [9.17, 15) is 0 Å². The van der Waals surface area contributed by atoms with E-state index in [1.54, 1.807) is 26.4 Å². The van der Waals surface area contributed by atoms with E-state index in [2.05, 4.69) is 0 Å². The Hall–Kier alpha value is -1.71. The van der Waals surface area contributed by atoms with Gasteiger partial charge in [-0.15, -0.1) is 0 Å². The molecule has 0 saturated carbocycles. The monoisotopic (exact) mass is 181 g/mol. The standard InChI is InChI=1S/C9H12N2O2/c1-12-6-4-3-5-7(13-2)8(6)9(10)11/h3-5H,1-2H3,(H3,10,11)/p+1. The van der Waals surface area contributed by atoms with Crippen molar-refractivity contribution in [2.45, 2.75) is 0 Å². The molecule has 0 bridgehead atoms. The van der Waals surface area contributed by atoms with Gasteiger partial charge < -0.3 is 9.47 Å². The summed E-state index contributed by atoms with van der Waals surface area (Å²) in [6.07, 6.45) is 0. The molecule has 0 saturated heterocycles. The van der Waals surface area contributed by atoms with Crippen LogP contribution in [0.5, 0.6) is 11.5 Å². The summed E-state index contributed by atoms with van der Waals surface area (Å²) in [5.41, 5.74) is 6.11. The maximum atomic E-state index is 5.50. The Labute approximate surface area is 76.8 Å². The lowest BCUT2D eigenvalue weighted by molar-refractivity contribution is -0.114. The van der Waals surface area contributed by atoms with Gasteiger partial charge in [-0.25, -0.2) is 0 Å². The van der Waals surface area contributed by atoms with Gasteiger partial charge in [0.25, 0.3) is 5.84 Å². The van der Waals surface area contributed by atoms with E-state index >= 15 is 0 Å². The zero-order chi connectivity index (χ0) is 9.84. The zero-order valence-corrected chi connectivity index (χ0v) is 7.70. The van der Waals surface area contributed by atoms with Crippen LogP contribution in [0.25, 0.3) is 0 Å². The maximum absolute atomic E-state index is 5.50. The number of amidine groups is 1. The molecule has 1 aromatic carbocycles. The van der Waals surface area contributed by atoms with Gasteiger partial charge in [0.15, 0.2) is 0 Å². The zero-order valence-electron chi connectivity index (χ0n) is 7.70. The molecule has 0 amide bonds. The molecular weight excluding hydrogens is 168 g/mol. The van der Waals surface area contributed by atoms with Crippen molar-refractivity contribution in [3.8, 4) is 11.5 Å². The molecule has 0 radical (unpaired) electrons. The second-order valence-electron chi connectivity index (χ2n) is 2.49. The summed E-state index contributed by atoms with van der Waals surface area (Å²) in [5.74, 6) is 1.41. The first-order chi connectivity index (χ1) is 6.20. The second-order valence-corrected chi connectivity index (χ2v) is 2.49. The molecule has 4 N–H and O–H groups in total. The number of hydrogen-bond acceptors (Lipinski definition) is 2. The van der Waals surface area contributed by atoms with Gasteiger partial charge in [0.2, 0.25) is 0 Å². The number of rotatable bonds is 3. The van der Waals surface area contributed by atoms with Crippen LogP contribution in [-0.2, 0) is 0 Å². The molecule has 0 aliphatic heterocycles. The van der Waals surface area contributed by atoms with Crippen LogP contribution in [0.1, 0.15) is 5.56 Å². The van der Waals surface area contributed by atoms with Crippen molar-refractivity contribution >= 4 is 5.84 Å². The Morgan fingerprint density at radius 2 is 1.69 bits per heavy atom. The van der Waals surface area contributed by atoms with Crippen LogP contribution >= 0.6 is 0 Å². The predicted molar refractivity (Wildman–Crippen MR) is 49.8 cm³/mol. The molecule has 0 atom stereocenters. The highest BCUT2D eigenvalue weighted by Gasteiger charge is 2.15. The Bertz CT molecular complexity index is 301. The summed E-state index contributed by atoms with van der Waals surface area (Å²) in [4.78, 5) is 0. The fraction of sp³-hybridized carbons (Fsp3) is 0.222. The van der Waals surface area contributed by atoms with Gasteiger partial charge in [-0.1, -0.05) is 6.07 Å². The number of nitrogens with two attached hydrogens (primary N) is 2. The molecule has 4 nitrogen and oxygen atoms in total. The second kappa shape index (κ2) is 3.80. The van der Waals surface area contributed by atoms with Crippen molar-refractivity contribution < 1.29 is 14.9 Å². The van der Waals surface area contributed by atoms with Gasteiger partial charge in [-0.3, -0.25) is 11.1 Å². The predicted octanol–water partition coefficient (Wildman–Crippen LogP) is -0.832. The van der Waals surface area contributed by atoms with E-state index in [4.69, 9.17) is 20.6 Å². The van der Waals surface area contributed by atoms with Gasteiger partial charge >= 0.3 is 0 Å². The smallest absolute Gasteiger partial charge is 0.278 e. The third-order valence-electron chi connectivity index (χ3n) is 1.72. The molecular formula is C9H13N2O2+. The van der Waals surface area contributed by atoms with Crippen LogP contribution in [0.3, 0.4) is 0 Å². The molecule has 70 valence electrons. The van der Waals surface area contributed by atoms with Crippen molar-refractivity contribution in [3.05, 3.63) is 23.8 Å². The molecule has 4 heteroatoms. The third-order valence-corrected chi connectivity index (χ3v) is 1.72. The van der Waals surface area contributed by atoms with Crippen LogP contribution < -0.4 is 20.6 Å². The van der Waals surface area contributed by atoms with Crippen LogP contribution in [0.15, 0.2) is 18.2 Å². The number of ether oxygens (including phenoxy) is 2. The fourth-order valence-electron chi connectivity index (χ4n) is 1.14. The van der Waals surface area contributed by atoms with Crippen molar-refractivity contribution in [2.24, 2.45) is 5.73 Å². The average Bonchev–Trinajstić information content (AvgIpc) is 2.16. The fourth-order valence-corrected chi connectivity index (χ4v) is 1.14. The summed E-state index contributed by atoms with van der Waals surface area (Å²) in [5, 5.41) is 5.50. The van der Waals surface area contributed by atoms with Crippen molar-refractivity contribution in [2.75, 3.05) is 14.2 Å². The molecule has 1 aromatic rings. The first-order valence-corrected chi connectivity index (χ1v) is 3.80. The van der Waals surface area contributed by atoms with E-state index in [0.29, 0.717) is 17.1 Å². The van der Waals surface area contributed by atoms with Gasteiger partial charge in [0.1, 0.15) is 17.1 Å². The van der Waals surface area contributed by atoms with Gasteiger partial charge in [0.05, 0.1) is 14.2 Å². The summed E-state index contributed by atoms with van der Waals surface area (Å²) in [7, 11) is 3.11. The molecule has 0 aliphatic carbocycles. The van der Waals surface area contributed by atoms with Crippen LogP contribution in [0.4, 0.5) is 0 Å². The summed E-state index contributed by atoms with van der Waals surface area (Å²) < 4.78 is 10.2. The van der Waals surface area contributed by atoms with E-state index in [0.717, 1.165) is 0 Å². The quantitative estimate of drug-likeness (QED) is 0.472. The molecule has 0 spiro atoms. The first kappa shape index (κ1) is 9.38. The molecule has 0 heterocycles. The van der Waals surface area contributed by atoms with Crippen molar-refractivity contribution in [1.29, 1.82) is 0 Å². The van der Waals surface area contributed by atoms with Gasteiger partial charge in [0, 0.05) is 0 Å². The Morgan fingerprint density at radius 3 is 2.00 bits per heavy atom. The first-order valence-electron chi connectivity index (χ1n) is 3.80. The third kappa shape index (κ3) is 1.72. The largest absolute Gasteiger partial charge is 0.496 e. The molecule has 0 unspecified atom stereocenters. The minimum absolute atomic E-state index is 0.189. The Morgan fingerprint density at radius 1 is 1.23 bits per heavy atom. The SMILES string of the molecule is COc1cccc(OC)c1C(N)=[NH2+]. The van der Waals surface area contributed by atoms with Crippen molar-refractivity contribution in [1.82, 2.24) is 0 Å². The lowest BCUT2D eigenvalue weighted by Gasteiger charge is -2.08. The molecule has 13 heavy (non-hydrogen) atoms. The molecule has 1 rings (SSSR count). The highest BCUT2D eigenvalue weighted by atomic mass is 16.5. The molecule has 0 aliphatic rings. The number of methoxy groups -OCH3 is 2. The summed E-state index contributed by atoms with van der Waals surface area (Å²) in [6.45, 7) is 0. The molecule has 0 fully saturated rings. The Kier molecular flexibility index (Phi) is 2.74. The topological polar surface area (TPSA) is 70.1 Å². The molecule has 0 aromatic heterocycles. The van der Waals surface area contributed by atoms with E-state index in [1.807, 2.05) is 6.07 Å². The summed E-state index contributed by atoms with van der Waals surface area (Å²) >= 11 is 0. The number of hydrogen-bond donors (Lipinski definition) is 2. The highest BCUT2D eigenvalue weighted by molar-refractivity contribution is 5.98. The van der Waals surface area contributed by atoms with Crippen LogP contribution in [0.2, 0.25) is 0 Å². The minimum atomic E-state index is 0.189. The van der Waals surface area contributed by atoms with Crippen LogP contribution in [0, 0.1) is 0 Å². The lowest BCUT2D eigenvalue weighted by Crippen LogP contribution is -2.46. The minimum Gasteiger partial charge on any atom is -0.496 e. The number of benzene rings is 1. The maximum Gasteiger partial charge on any atom is 0.278 e. The Balaban J connectivity index is 3.29. The van der Waals surface area contributed by atoms with Gasteiger partial charge in [-0.2, -0.15) is 0 Å². The summed E-state index contributed by atoms with van der Waals surface area (Å²) in [6, 6.07) is 5.36. The lowest BCUT2D eigenvalue weighted by atomic mass is 10.1. The van der Waals surface area contributed by atoms with Crippen LogP contribution in [-0.4, -0.2) is 20.1 Å². The van der Waals surface area contributed by atoms with E-state index in [-0.39, 0.29) is 5.84 Å². The van der Waals surface area contributed by atoms with Gasteiger partial charge in [-0.05, 0) is 12.1 Å². The average molecular weight is 181 g/mol. The van der Waals surface area contributed by atoms with E-state index < -0.39 is 0 Å².